The Kier molecular flexibility index (Phi) is 5.38. The van der Waals surface area contributed by atoms with Gasteiger partial charge in [0.25, 0.3) is 5.91 Å². The van der Waals surface area contributed by atoms with Gasteiger partial charge in [-0.05, 0) is 31.5 Å². The molecule has 1 aromatic heterocycles. The maximum Gasteiger partial charge on any atom is 0.418 e. The van der Waals surface area contributed by atoms with E-state index in [0.29, 0.717) is 12.2 Å². The van der Waals surface area contributed by atoms with Crippen molar-refractivity contribution in [1.29, 1.82) is 0 Å². The Labute approximate surface area is 137 Å². The largest absolute Gasteiger partial charge is 0.418 e. The van der Waals surface area contributed by atoms with Gasteiger partial charge in [-0.3, -0.25) is 4.79 Å². The summed E-state index contributed by atoms with van der Waals surface area (Å²) < 4.78 is 38.9. The van der Waals surface area contributed by atoms with Gasteiger partial charge in [-0.2, -0.15) is 13.2 Å². The van der Waals surface area contributed by atoms with Crippen LogP contribution in [0.5, 0.6) is 0 Å². The van der Waals surface area contributed by atoms with Crippen molar-refractivity contribution in [1.82, 2.24) is 9.97 Å². The van der Waals surface area contributed by atoms with Crippen molar-refractivity contribution in [3.8, 4) is 0 Å². The van der Waals surface area contributed by atoms with E-state index >= 15 is 0 Å². The van der Waals surface area contributed by atoms with Gasteiger partial charge in [0.2, 0.25) is 5.95 Å². The number of aromatic nitrogens is 2. The highest BCUT2D eigenvalue weighted by atomic mass is 19.4. The zero-order valence-electron chi connectivity index (χ0n) is 13.2. The second-order valence-corrected chi connectivity index (χ2v) is 5.14. The lowest BCUT2D eigenvalue weighted by Gasteiger charge is -2.13. The number of nitrogens with one attached hydrogen (secondary N) is 2. The molecule has 24 heavy (non-hydrogen) atoms. The van der Waals surface area contributed by atoms with Crippen molar-refractivity contribution in [2.45, 2.75) is 26.4 Å². The number of anilines is 2. The molecule has 0 aliphatic rings. The van der Waals surface area contributed by atoms with Crippen LogP contribution < -0.4 is 10.6 Å². The summed E-state index contributed by atoms with van der Waals surface area (Å²) in [7, 11) is 0. The lowest BCUT2D eigenvalue weighted by atomic mass is 10.1. The fraction of sp³-hybridized carbons (Fsp3) is 0.312. The third-order valence-electron chi connectivity index (χ3n) is 3.10. The first-order chi connectivity index (χ1) is 11.3. The lowest BCUT2D eigenvalue weighted by molar-refractivity contribution is -0.136. The van der Waals surface area contributed by atoms with Gasteiger partial charge in [-0.1, -0.05) is 19.1 Å². The third kappa shape index (κ3) is 4.43. The number of halogens is 3. The molecule has 0 saturated carbocycles. The van der Waals surface area contributed by atoms with Crippen LogP contribution in [0.25, 0.3) is 0 Å². The highest BCUT2D eigenvalue weighted by Gasteiger charge is 2.33. The molecule has 0 spiro atoms. The topological polar surface area (TPSA) is 66.9 Å². The molecular formula is C16H17F3N4O. The number of hydrogen-bond donors (Lipinski definition) is 2. The van der Waals surface area contributed by atoms with Gasteiger partial charge in [0.15, 0.2) is 0 Å². The first kappa shape index (κ1) is 17.7. The van der Waals surface area contributed by atoms with Crippen LogP contribution in [0.4, 0.5) is 24.8 Å². The number of carbonyl (C=O) groups is 1. The predicted molar refractivity (Wildman–Crippen MR) is 84.9 cm³/mol. The molecule has 1 aromatic carbocycles. The highest BCUT2D eigenvalue weighted by molar-refractivity contribution is 6.03. The van der Waals surface area contributed by atoms with Crippen molar-refractivity contribution in [3.05, 3.63) is 47.3 Å². The summed E-state index contributed by atoms with van der Waals surface area (Å²) >= 11 is 0. The van der Waals surface area contributed by atoms with Gasteiger partial charge in [-0.25, -0.2) is 9.97 Å². The van der Waals surface area contributed by atoms with Crippen LogP contribution in [-0.2, 0) is 6.18 Å². The smallest absolute Gasteiger partial charge is 0.354 e. The van der Waals surface area contributed by atoms with Gasteiger partial charge in [0.05, 0.1) is 11.3 Å². The van der Waals surface area contributed by atoms with Crippen molar-refractivity contribution in [2.75, 3.05) is 17.2 Å². The number of amides is 1. The van der Waals surface area contributed by atoms with Crippen LogP contribution in [0, 0.1) is 6.92 Å². The molecule has 2 N–H and O–H groups in total. The molecule has 8 heteroatoms. The Morgan fingerprint density at radius 2 is 1.92 bits per heavy atom. The average molecular weight is 338 g/mol. The first-order valence-electron chi connectivity index (χ1n) is 7.38. The molecule has 0 fully saturated rings. The van der Waals surface area contributed by atoms with E-state index in [9.17, 15) is 18.0 Å². The normalized spacial score (nSPS) is 11.2. The van der Waals surface area contributed by atoms with Crippen LogP contribution in [-0.4, -0.2) is 22.4 Å². The number of aryl methyl sites for hydroxylation is 1. The van der Waals surface area contributed by atoms with Gasteiger partial charge >= 0.3 is 6.18 Å². The number of para-hydroxylation sites is 1. The SMILES string of the molecule is CCCNc1nc(C)cc(C(=O)Nc2ccccc2C(F)(F)F)n1. The van der Waals surface area contributed by atoms with Crippen LogP contribution in [0.15, 0.2) is 30.3 Å². The Bertz CT molecular complexity index is 732. The number of hydrogen-bond acceptors (Lipinski definition) is 4. The maximum absolute atomic E-state index is 13.0. The first-order valence-corrected chi connectivity index (χ1v) is 7.38. The van der Waals surface area contributed by atoms with E-state index in [-0.39, 0.29) is 17.3 Å². The molecule has 0 saturated heterocycles. The molecule has 1 amide bonds. The molecule has 0 aliphatic carbocycles. The van der Waals surface area contributed by atoms with Crippen LogP contribution in [0.2, 0.25) is 0 Å². The average Bonchev–Trinajstić information content (AvgIpc) is 2.52. The molecular weight excluding hydrogens is 321 g/mol. The van der Waals surface area contributed by atoms with E-state index in [1.54, 1.807) is 6.92 Å². The van der Waals surface area contributed by atoms with E-state index in [1.807, 2.05) is 6.92 Å². The Balaban J connectivity index is 2.26. The molecule has 2 aromatic rings. The molecule has 0 unspecified atom stereocenters. The van der Waals surface area contributed by atoms with E-state index in [1.165, 1.54) is 24.3 Å². The maximum atomic E-state index is 13.0. The van der Waals surface area contributed by atoms with E-state index < -0.39 is 17.6 Å². The standard InChI is InChI=1S/C16H17F3N4O/c1-3-8-20-15-21-10(2)9-13(23-15)14(24)22-12-7-5-4-6-11(12)16(17,18)19/h4-7,9H,3,8H2,1-2H3,(H,22,24)(H,20,21,23). The minimum absolute atomic E-state index is 0.00178. The van der Waals surface area contributed by atoms with Crippen LogP contribution in [0.3, 0.4) is 0 Å². The molecule has 0 radical (unpaired) electrons. The summed E-state index contributed by atoms with van der Waals surface area (Å²) in [6.45, 7) is 4.27. The van der Waals surface area contributed by atoms with E-state index in [4.69, 9.17) is 0 Å². The number of rotatable bonds is 5. The van der Waals surface area contributed by atoms with E-state index in [0.717, 1.165) is 12.5 Å². The molecule has 5 nitrogen and oxygen atoms in total. The zero-order chi connectivity index (χ0) is 17.7. The number of carbonyl (C=O) groups excluding carboxylic acids is 1. The molecule has 2 rings (SSSR count). The Hall–Kier alpha value is -2.64. The Morgan fingerprint density at radius 1 is 1.21 bits per heavy atom. The minimum atomic E-state index is -4.56. The fourth-order valence-corrected chi connectivity index (χ4v) is 2.03. The van der Waals surface area contributed by atoms with Crippen molar-refractivity contribution in [2.24, 2.45) is 0 Å². The minimum Gasteiger partial charge on any atom is -0.354 e. The number of benzene rings is 1. The summed E-state index contributed by atoms with van der Waals surface area (Å²) in [6, 6.07) is 6.22. The summed E-state index contributed by atoms with van der Waals surface area (Å²) in [6.07, 6.45) is -3.71. The number of alkyl halides is 3. The Morgan fingerprint density at radius 3 is 2.58 bits per heavy atom. The second kappa shape index (κ2) is 7.29. The quantitative estimate of drug-likeness (QED) is 0.868. The third-order valence-corrected chi connectivity index (χ3v) is 3.10. The van der Waals surface area contributed by atoms with Gasteiger partial charge in [0, 0.05) is 12.2 Å². The summed E-state index contributed by atoms with van der Waals surface area (Å²) in [4.78, 5) is 20.5. The van der Waals surface area contributed by atoms with Crippen molar-refractivity contribution >= 4 is 17.5 Å². The van der Waals surface area contributed by atoms with Crippen molar-refractivity contribution in [3.63, 3.8) is 0 Å². The number of nitrogens with zero attached hydrogens (tertiary/aromatic N) is 2. The monoisotopic (exact) mass is 338 g/mol. The molecule has 128 valence electrons. The van der Waals surface area contributed by atoms with Gasteiger partial charge in [-0.15, -0.1) is 0 Å². The van der Waals surface area contributed by atoms with Crippen molar-refractivity contribution < 1.29 is 18.0 Å². The second-order valence-electron chi connectivity index (χ2n) is 5.14. The lowest BCUT2D eigenvalue weighted by Crippen LogP contribution is -2.19. The van der Waals surface area contributed by atoms with E-state index in [2.05, 4.69) is 20.6 Å². The summed E-state index contributed by atoms with van der Waals surface area (Å²) in [5.41, 5.74) is -0.682. The van der Waals surface area contributed by atoms with Crippen LogP contribution >= 0.6 is 0 Å². The summed E-state index contributed by atoms with van der Waals surface area (Å²) in [5.74, 6) is -0.456. The zero-order valence-corrected chi connectivity index (χ0v) is 13.2. The fourth-order valence-electron chi connectivity index (χ4n) is 2.03. The van der Waals surface area contributed by atoms with Gasteiger partial charge in [0.1, 0.15) is 5.69 Å². The van der Waals surface area contributed by atoms with Crippen LogP contribution in [0.1, 0.15) is 35.1 Å². The molecule has 1 heterocycles. The summed E-state index contributed by atoms with van der Waals surface area (Å²) in [5, 5.41) is 5.21. The molecule has 0 bridgehead atoms. The molecule has 0 aliphatic heterocycles. The highest BCUT2D eigenvalue weighted by Crippen LogP contribution is 2.34. The van der Waals surface area contributed by atoms with Gasteiger partial charge < -0.3 is 10.6 Å². The predicted octanol–water partition coefficient (Wildman–Crippen LogP) is 3.88. The molecule has 0 atom stereocenters.